The Hall–Kier alpha value is -2.03. The van der Waals surface area contributed by atoms with Crippen molar-refractivity contribution in [3.63, 3.8) is 0 Å². The van der Waals surface area contributed by atoms with Crippen LogP contribution in [0.3, 0.4) is 0 Å². The predicted molar refractivity (Wildman–Crippen MR) is 115 cm³/mol. The fourth-order valence-electron chi connectivity index (χ4n) is 2.82. The Morgan fingerprint density at radius 3 is 0.964 bits per heavy atom. The molecule has 0 saturated heterocycles. The van der Waals surface area contributed by atoms with Gasteiger partial charge in [0.2, 0.25) is 0 Å². The van der Waals surface area contributed by atoms with Gasteiger partial charge < -0.3 is 13.6 Å². The summed E-state index contributed by atoms with van der Waals surface area (Å²) in [7, 11) is -1.55. The van der Waals surface area contributed by atoms with Gasteiger partial charge in [-0.15, -0.1) is 0 Å². The monoisotopic (exact) mass is 394 g/mol. The lowest BCUT2D eigenvalue weighted by Crippen LogP contribution is -2.06. The van der Waals surface area contributed by atoms with Crippen LogP contribution in [0.15, 0.2) is 91.0 Å². The van der Waals surface area contributed by atoms with Crippen molar-refractivity contribution in [1.29, 1.82) is 0 Å². The van der Waals surface area contributed by atoms with Crippen LogP contribution < -0.4 is 0 Å². The van der Waals surface area contributed by atoms with Crippen LogP contribution in [0.5, 0.6) is 0 Å². The molecule has 0 aromatic heterocycles. The minimum atomic E-state index is -1.55. The van der Waals surface area contributed by atoms with Crippen molar-refractivity contribution in [2.45, 2.75) is 39.1 Å². The molecule has 0 radical (unpaired) electrons. The van der Waals surface area contributed by atoms with Crippen LogP contribution in [0.2, 0.25) is 0 Å². The molecule has 3 aromatic rings. The number of hydrogen-bond donors (Lipinski definition) is 0. The van der Waals surface area contributed by atoms with Gasteiger partial charge in [-0.1, -0.05) is 91.0 Å². The van der Waals surface area contributed by atoms with Gasteiger partial charge in [0.1, 0.15) is 0 Å². The Morgan fingerprint density at radius 1 is 0.464 bits per heavy atom. The summed E-state index contributed by atoms with van der Waals surface area (Å²) in [5.41, 5.74) is 3.30. The van der Waals surface area contributed by atoms with Gasteiger partial charge >= 0.3 is 8.60 Å². The molecule has 0 saturated carbocycles. The van der Waals surface area contributed by atoms with E-state index in [1.54, 1.807) is 0 Å². The van der Waals surface area contributed by atoms with Crippen molar-refractivity contribution in [2.75, 3.05) is 0 Å². The van der Waals surface area contributed by atoms with Crippen molar-refractivity contribution < 1.29 is 13.6 Å². The zero-order valence-corrected chi connectivity index (χ0v) is 17.5. The summed E-state index contributed by atoms with van der Waals surface area (Å²) in [6.07, 6.45) is -0.380. The Labute approximate surface area is 169 Å². The van der Waals surface area contributed by atoms with E-state index in [0.29, 0.717) is 0 Å². The van der Waals surface area contributed by atoms with Gasteiger partial charge in [-0.3, -0.25) is 0 Å². The lowest BCUT2D eigenvalue weighted by Gasteiger charge is -2.26. The van der Waals surface area contributed by atoms with E-state index in [0.717, 1.165) is 16.7 Å². The second-order valence-electron chi connectivity index (χ2n) is 6.70. The standard InChI is InChI=1S/C24H27O3P/c1-19(22-13-7-4-8-14-22)25-28(26-20(2)23-15-9-5-10-16-23)27-21(3)24-17-11-6-12-18-24/h4-21H,1-3H3/t19-,20-,21-/m0/s1. The van der Waals surface area contributed by atoms with E-state index in [2.05, 4.69) is 36.4 Å². The second kappa shape index (κ2) is 10.5. The minimum Gasteiger partial charge on any atom is -0.304 e. The molecule has 3 aromatic carbocycles. The molecule has 0 aliphatic carbocycles. The van der Waals surface area contributed by atoms with Crippen LogP contribution >= 0.6 is 8.60 Å². The molecule has 0 amide bonds. The molecule has 0 bridgehead atoms. The quantitative estimate of drug-likeness (QED) is 0.351. The highest BCUT2D eigenvalue weighted by molar-refractivity contribution is 7.41. The molecule has 0 heterocycles. The largest absolute Gasteiger partial charge is 0.334 e. The average molecular weight is 394 g/mol. The molecule has 0 fully saturated rings. The van der Waals surface area contributed by atoms with E-state index >= 15 is 0 Å². The number of benzene rings is 3. The van der Waals surface area contributed by atoms with E-state index in [1.807, 2.05) is 75.4 Å². The second-order valence-corrected chi connectivity index (χ2v) is 7.78. The molecular formula is C24H27O3P. The normalized spacial score (nSPS) is 14.6. The Bertz CT molecular complexity index is 698. The van der Waals surface area contributed by atoms with E-state index in [4.69, 9.17) is 13.6 Å². The van der Waals surface area contributed by atoms with Gasteiger partial charge in [-0.2, -0.15) is 0 Å². The first-order valence-corrected chi connectivity index (χ1v) is 10.7. The van der Waals surface area contributed by atoms with Crippen LogP contribution in [0.25, 0.3) is 0 Å². The molecular weight excluding hydrogens is 367 g/mol. The Morgan fingerprint density at radius 2 is 0.714 bits per heavy atom. The van der Waals surface area contributed by atoms with Crippen molar-refractivity contribution >= 4 is 8.60 Å². The van der Waals surface area contributed by atoms with Gasteiger partial charge in [0, 0.05) is 0 Å². The molecule has 0 aliphatic rings. The van der Waals surface area contributed by atoms with Gasteiger partial charge in [-0.25, -0.2) is 0 Å². The average Bonchev–Trinajstić information content (AvgIpc) is 2.75. The maximum absolute atomic E-state index is 6.24. The molecule has 146 valence electrons. The molecule has 3 rings (SSSR count). The highest BCUT2D eigenvalue weighted by Crippen LogP contribution is 2.51. The fraction of sp³-hybridized carbons (Fsp3) is 0.250. The van der Waals surface area contributed by atoms with Gasteiger partial charge in [0.25, 0.3) is 0 Å². The van der Waals surface area contributed by atoms with Crippen LogP contribution in [-0.4, -0.2) is 0 Å². The summed E-state index contributed by atoms with van der Waals surface area (Å²) in [5.74, 6) is 0. The van der Waals surface area contributed by atoms with Crippen molar-refractivity contribution in [2.24, 2.45) is 0 Å². The molecule has 3 nitrogen and oxygen atoms in total. The van der Waals surface area contributed by atoms with Crippen molar-refractivity contribution in [1.82, 2.24) is 0 Å². The van der Waals surface area contributed by atoms with Crippen LogP contribution in [0.4, 0.5) is 0 Å². The summed E-state index contributed by atoms with van der Waals surface area (Å²) >= 11 is 0. The maximum Gasteiger partial charge on any atom is 0.334 e. The van der Waals surface area contributed by atoms with E-state index in [-0.39, 0.29) is 18.3 Å². The summed E-state index contributed by atoms with van der Waals surface area (Å²) in [5, 5.41) is 0. The summed E-state index contributed by atoms with van der Waals surface area (Å²) in [4.78, 5) is 0. The zero-order chi connectivity index (χ0) is 19.8. The summed E-state index contributed by atoms with van der Waals surface area (Å²) in [6, 6.07) is 30.4. The Kier molecular flexibility index (Phi) is 7.76. The van der Waals surface area contributed by atoms with Gasteiger partial charge in [0.15, 0.2) is 0 Å². The first kappa shape index (κ1) is 20.7. The van der Waals surface area contributed by atoms with Crippen LogP contribution in [0.1, 0.15) is 55.8 Å². The van der Waals surface area contributed by atoms with Crippen molar-refractivity contribution in [3.05, 3.63) is 108 Å². The van der Waals surface area contributed by atoms with E-state index in [1.165, 1.54) is 0 Å². The zero-order valence-electron chi connectivity index (χ0n) is 16.6. The third kappa shape index (κ3) is 5.98. The maximum atomic E-state index is 6.24. The minimum absolute atomic E-state index is 0.127. The first-order valence-electron chi connectivity index (χ1n) is 9.58. The molecule has 0 spiro atoms. The molecule has 3 atom stereocenters. The third-order valence-electron chi connectivity index (χ3n) is 4.54. The molecule has 0 unspecified atom stereocenters. The molecule has 0 N–H and O–H groups in total. The highest BCUT2D eigenvalue weighted by Gasteiger charge is 2.24. The van der Waals surface area contributed by atoms with E-state index in [9.17, 15) is 0 Å². The summed E-state index contributed by atoms with van der Waals surface area (Å²) < 4.78 is 18.7. The third-order valence-corrected chi connectivity index (χ3v) is 6.00. The topological polar surface area (TPSA) is 27.7 Å². The van der Waals surface area contributed by atoms with E-state index < -0.39 is 8.60 Å². The van der Waals surface area contributed by atoms with Crippen molar-refractivity contribution in [3.8, 4) is 0 Å². The fourth-order valence-corrected chi connectivity index (χ4v) is 4.11. The van der Waals surface area contributed by atoms with Crippen LogP contribution in [-0.2, 0) is 13.6 Å². The highest BCUT2D eigenvalue weighted by atomic mass is 31.2. The predicted octanol–water partition coefficient (Wildman–Crippen LogP) is 7.55. The molecule has 28 heavy (non-hydrogen) atoms. The van der Waals surface area contributed by atoms with Gasteiger partial charge in [0.05, 0.1) is 18.3 Å². The number of hydrogen-bond acceptors (Lipinski definition) is 3. The molecule has 4 heteroatoms. The SMILES string of the molecule is C[C@H](OP(O[C@@H](C)c1ccccc1)O[C@@H](C)c1ccccc1)c1ccccc1. The van der Waals surface area contributed by atoms with Gasteiger partial charge in [-0.05, 0) is 37.5 Å². The smallest absolute Gasteiger partial charge is 0.304 e. The van der Waals surface area contributed by atoms with Crippen LogP contribution in [0, 0.1) is 0 Å². The molecule has 0 aliphatic heterocycles. The number of rotatable bonds is 9. The lowest BCUT2D eigenvalue weighted by atomic mass is 10.1. The summed E-state index contributed by atoms with van der Waals surface area (Å²) in [6.45, 7) is 6.08. The lowest BCUT2D eigenvalue weighted by molar-refractivity contribution is 0.0792. The first-order chi connectivity index (χ1) is 13.6. The Balaban J connectivity index is 1.73.